The predicted molar refractivity (Wildman–Crippen MR) is 305 cm³/mol. The number of nitrogens with zero attached hydrogens (tertiary/aromatic N) is 1. The van der Waals surface area contributed by atoms with E-state index in [1.54, 1.807) is 0 Å². The molecule has 1 N–H and O–H groups in total. The van der Waals surface area contributed by atoms with E-state index in [1.807, 2.05) is 21.1 Å². The molecule has 72 heavy (non-hydrogen) atoms. The van der Waals surface area contributed by atoms with Crippen molar-refractivity contribution in [2.45, 2.75) is 341 Å². The number of carboxylic acids is 1. The summed E-state index contributed by atoms with van der Waals surface area (Å²) in [5.41, 5.74) is 0. The number of hydrogen-bond donors (Lipinski definition) is 1. The number of rotatable bonds is 60. The van der Waals surface area contributed by atoms with Crippen molar-refractivity contribution in [2.75, 3.05) is 47.5 Å². The minimum absolute atomic E-state index is 0.174. The molecule has 0 aromatic rings. The Morgan fingerprint density at radius 2 is 0.625 bits per heavy atom. The number of aliphatic carboxylic acids is 1. The van der Waals surface area contributed by atoms with Gasteiger partial charge in [0, 0.05) is 12.8 Å². The van der Waals surface area contributed by atoms with Gasteiger partial charge in [-0.15, -0.1) is 0 Å². The maximum atomic E-state index is 12.8. The maximum Gasteiger partial charge on any atom is 0.361 e. The van der Waals surface area contributed by atoms with Crippen molar-refractivity contribution in [3.63, 3.8) is 0 Å². The summed E-state index contributed by atoms with van der Waals surface area (Å²) in [5.74, 6) is -1.98. The number of quaternary nitrogens is 1. The van der Waals surface area contributed by atoms with Crippen molar-refractivity contribution in [1.29, 1.82) is 0 Å². The summed E-state index contributed by atoms with van der Waals surface area (Å²) in [6.07, 6.45) is 61.1. The monoisotopic (exact) mass is 1020 g/mol. The second-order valence-electron chi connectivity index (χ2n) is 23.1. The summed E-state index contributed by atoms with van der Waals surface area (Å²) >= 11 is 0. The molecule has 0 aliphatic heterocycles. The predicted octanol–water partition coefficient (Wildman–Crippen LogP) is 18.7. The Hall–Kier alpha value is -1.71. The Kier molecular flexibility index (Phi) is 54.2. The van der Waals surface area contributed by atoms with Crippen LogP contribution in [0.5, 0.6) is 0 Å². The van der Waals surface area contributed by atoms with Crippen LogP contribution in [0.25, 0.3) is 0 Å². The van der Waals surface area contributed by atoms with E-state index in [9.17, 15) is 19.5 Å². The topological polar surface area (TPSA) is 108 Å². The Balaban J connectivity index is 3.82. The molecule has 0 radical (unpaired) electrons. The standard InChI is InChI=1S/C63H123NO8/c1-6-8-10-12-14-16-17-18-19-20-21-22-23-24-25-26-27-28-29-30-31-32-33-34-35-36-37-38-39-40-41-42-43-44-46-48-50-52-54-61(66)72-59(58-71-63(62(67)68)69-56-55-64(3,4)5)57-70-60(65)53-51-49-47-45-15-13-11-9-7-2/h59,63H,6-58H2,1-5H3/p+1. The van der Waals surface area contributed by atoms with Gasteiger partial charge in [0.2, 0.25) is 0 Å². The first kappa shape index (κ1) is 70.3. The fraction of sp³-hybridized carbons (Fsp3) is 0.952. The molecular weight excluding hydrogens is 899 g/mol. The molecule has 0 aromatic carbocycles. The first-order valence-electron chi connectivity index (χ1n) is 31.7. The molecule has 2 unspecified atom stereocenters. The fourth-order valence-corrected chi connectivity index (χ4v) is 9.72. The van der Waals surface area contributed by atoms with Gasteiger partial charge in [-0.05, 0) is 12.8 Å². The molecule has 0 heterocycles. The summed E-state index contributed by atoms with van der Waals surface area (Å²) in [7, 11) is 5.97. The Bertz CT molecular complexity index is 1140. The molecule has 428 valence electrons. The van der Waals surface area contributed by atoms with Crippen molar-refractivity contribution in [2.24, 2.45) is 0 Å². The number of unbranched alkanes of at least 4 members (excludes halogenated alkanes) is 45. The van der Waals surface area contributed by atoms with Crippen LogP contribution < -0.4 is 0 Å². The molecule has 0 aromatic heterocycles. The number of ether oxygens (including phenoxy) is 4. The van der Waals surface area contributed by atoms with E-state index < -0.39 is 18.4 Å². The second-order valence-corrected chi connectivity index (χ2v) is 23.1. The average molecular weight is 1020 g/mol. The quantitative estimate of drug-likeness (QED) is 0.0278. The van der Waals surface area contributed by atoms with Gasteiger partial charge < -0.3 is 28.5 Å². The molecule has 0 saturated carbocycles. The molecule has 0 amide bonds. The van der Waals surface area contributed by atoms with Crippen LogP contribution in [-0.4, -0.2) is 87.4 Å². The molecular formula is C63H124NO8+. The minimum atomic E-state index is -1.50. The lowest BCUT2D eigenvalue weighted by atomic mass is 10.0. The molecule has 0 aliphatic carbocycles. The van der Waals surface area contributed by atoms with Gasteiger partial charge in [-0.2, -0.15) is 0 Å². The fourth-order valence-electron chi connectivity index (χ4n) is 9.72. The van der Waals surface area contributed by atoms with Crippen LogP contribution in [0.4, 0.5) is 0 Å². The number of carboxylic acid groups (broad SMARTS) is 1. The highest BCUT2D eigenvalue weighted by Gasteiger charge is 2.25. The highest BCUT2D eigenvalue weighted by atomic mass is 16.7. The van der Waals surface area contributed by atoms with E-state index in [4.69, 9.17) is 18.9 Å². The van der Waals surface area contributed by atoms with Gasteiger partial charge in [0.15, 0.2) is 6.10 Å². The number of carbonyl (C=O) groups excluding carboxylic acids is 2. The van der Waals surface area contributed by atoms with Crippen LogP contribution in [-0.2, 0) is 33.3 Å². The van der Waals surface area contributed by atoms with E-state index in [1.165, 1.54) is 263 Å². The molecule has 0 bridgehead atoms. The largest absolute Gasteiger partial charge is 0.477 e. The van der Waals surface area contributed by atoms with Gasteiger partial charge in [-0.1, -0.05) is 303 Å². The zero-order valence-electron chi connectivity index (χ0n) is 48.9. The maximum absolute atomic E-state index is 12.8. The molecule has 0 fully saturated rings. The smallest absolute Gasteiger partial charge is 0.361 e. The van der Waals surface area contributed by atoms with Crippen molar-refractivity contribution < 1.29 is 42.9 Å². The van der Waals surface area contributed by atoms with Crippen molar-refractivity contribution in [1.82, 2.24) is 0 Å². The van der Waals surface area contributed by atoms with Crippen LogP contribution in [0.3, 0.4) is 0 Å². The lowest BCUT2D eigenvalue weighted by Crippen LogP contribution is -2.40. The third kappa shape index (κ3) is 56.0. The van der Waals surface area contributed by atoms with Crippen LogP contribution in [0.2, 0.25) is 0 Å². The Labute approximate surface area is 447 Å². The zero-order valence-corrected chi connectivity index (χ0v) is 48.9. The van der Waals surface area contributed by atoms with E-state index in [0.29, 0.717) is 17.4 Å². The highest BCUT2D eigenvalue weighted by molar-refractivity contribution is 5.71. The highest BCUT2D eigenvalue weighted by Crippen LogP contribution is 2.19. The SMILES string of the molecule is CCCCCCCCCCCCCCCCCCCCCCCCCCCCCCCCCCCCCCCCC(=O)OC(COC(=O)CCCCCCCCCCC)COC(OCC[N+](C)(C)C)C(=O)O. The van der Waals surface area contributed by atoms with E-state index >= 15 is 0 Å². The van der Waals surface area contributed by atoms with Crippen molar-refractivity contribution in [3.05, 3.63) is 0 Å². The first-order valence-corrected chi connectivity index (χ1v) is 31.7. The third-order valence-corrected chi connectivity index (χ3v) is 14.6. The second kappa shape index (κ2) is 55.5. The first-order chi connectivity index (χ1) is 35.1. The summed E-state index contributed by atoms with van der Waals surface area (Å²) in [5, 5.41) is 9.67. The van der Waals surface area contributed by atoms with Gasteiger partial charge in [0.25, 0.3) is 6.29 Å². The summed E-state index contributed by atoms with van der Waals surface area (Å²) in [4.78, 5) is 37.2. The molecule has 0 rings (SSSR count). The van der Waals surface area contributed by atoms with Crippen molar-refractivity contribution in [3.8, 4) is 0 Å². The van der Waals surface area contributed by atoms with E-state index in [0.717, 1.165) is 38.5 Å². The van der Waals surface area contributed by atoms with Crippen LogP contribution in [0.15, 0.2) is 0 Å². The molecule has 0 saturated heterocycles. The molecule has 9 nitrogen and oxygen atoms in total. The van der Waals surface area contributed by atoms with Gasteiger partial charge in [0.1, 0.15) is 13.2 Å². The van der Waals surface area contributed by atoms with Crippen LogP contribution >= 0.6 is 0 Å². The number of likely N-dealkylation sites (N-methyl/N-ethyl adjacent to an activating group) is 1. The number of carbonyl (C=O) groups is 3. The Morgan fingerprint density at radius 1 is 0.361 bits per heavy atom. The lowest BCUT2D eigenvalue weighted by molar-refractivity contribution is -0.870. The summed E-state index contributed by atoms with van der Waals surface area (Å²) in [6.45, 7) is 4.91. The van der Waals surface area contributed by atoms with Crippen LogP contribution in [0.1, 0.15) is 328 Å². The van der Waals surface area contributed by atoms with E-state index in [-0.39, 0.29) is 38.2 Å². The zero-order chi connectivity index (χ0) is 52.7. The third-order valence-electron chi connectivity index (χ3n) is 14.6. The molecule has 0 aliphatic rings. The Morgan fingerprint density at radius 3 is 0.889 bits per heavy atom. The normalized spacial score (nSPS) is 12.6. The summed E-state index contributed by atoms with van der Waals surface area (Å²) < 4.78 is 22.8. The van der Waals surface area contributed by atoms with Crippen LogP contribution in [0, 0.1) is 0 Å². The number of esters is 2. The molecule has 2 atom stereocenters. The van der Waals surface area contributed by atoms with Gasteiger partial charge >= 0.3 is 17.9 Å². The van der Waals surface area contributed by atoms with E-state index in [2.05, 4.69) is 13.8 Å². The van der Waals surface area contributed by atoms with Gasteiger partial charge in [-0.25, -0.2) is 4.79 Å². The van der Waals surface area contributed by atoms with Gasteiger partial charge in [-0.3, -0.25) is 9.59 Å². The van der Waals surface area contributed by atoms with Crippen molar-refractivity contribution >= 4 is 17.9 Å². The summed E-state index contributed by atoms with van der Waals surface area (Å²) in [6, 6.07) is 0. The van der Waals surface area contributed by atoms with Gasteiger partial charge in [0.05, 0.1) is 34.4 Å². The molecule has 0 spiro atoms. The average Bonchev–Trinajstić information content (AvgIpc) is 3.35. The minimum Gasteiger partial charge on any atom is -0.477 e. The lowest BCUT2D eigenvalue weighted by Gasteiger charge is -2.25. The number of hydrogen-bond acceptors (Lipinski definition) is 7. The molecule has 9 heteroatoms.